The number of fused-ring (bicyclic) bond motifs is 1. The van der Waals surface area contributed by atoms with Gasteiger partial charge in [0, 0.05) is 18.0 Å². The van der Waals surface area contributed by atoms with Gasteiger partial charge in [-0.25, -0.2) is 4.98 Å². The molecule has 0 amide bonds. The molecule has 1 aliphatic heterocycles. The third-order valence-corrected chi connectivity index (χ3v) is 2.79. The Labute approximate surface area is 107 Å². The summed E-state index contributed by atoms with van der Waals surface area (Å²) in [6.07, 6.45) is -0.452. The molecule has 0 bridgehead atoms. The fraction of sp³-hybridized carbons (Fsp3) is 0.250. The van der Waals surface area contributed by atoms with Gasteiger partial charge in [-0.05, 0) is 6.07 Å². The molecule has 0 fully saturated rings. The van der Waals surface area contributed by atoms with Crippen LogP contribution in [-0.4, -0.2) is 21.0 Å². The van der Waals surface area contributed by atoms with Crippen LogP contribution in [0.15, 0.2) is 30.6 Å². The number of imidazole rings is 1. The number of aromatic nitrogens is 2. The molecule has 0 spiro atoms. The maximum Gasteiger partial charge on any atom is 0.586 e. The number of hydrogen-bond acceptors (Lipinski definition) is 4. The van der Waals surface area contributed by atoms with Gasteiger partial charge in [0.2, 0.25) is 0 Å². The van der Waals surface area contributed by atoms with Gasteiger partial charge in [0.1, 0.15) is 12.4 Å². The van der Waals surface area contributed by atoms with E-state index in [1.807, 2.05) is 0 Å². The molecule has 0 aliphatic carbocycles. The van der Waals surface area contributed by atoms with Crippen molar-refractivity contribution in [2.75, 3.05) is 0 Å². The summed E-state index contributed by atoms with van der Waals surface area (Å²) >= 11 is 0. The fourth-order valence-corrected chi connectivity index (χ4v) is 1.97. The van der Waals surface area contributed by atoms with E-state index < -0.39 is 6.29 Å². The number of halogens is 2. The van der Waals surface area contributed by atoms with Gasteiger partial charge in [-0.1, -0.05) is 12.1 Å². The summed E-state index contributed by atoms with van der Waals surface area (Å²) in [5.41, 5.74) is 0.530. The molecule has 0 unspecified atom stereocenters. The predicted octanol–water partition coefficient (Wildman–Crippen LogP) is 1.75. The zero-order valence-electron chi connectivity index (χ0n) is 9.72. The van der Waals surface area contributed by atoms with Crippen LogP contribution in [-0.2, 0) is 13.2 Å². The highest BCUT2D eigenvalue weighted by Gasteiger charge is 2.44. The van der Waals surface area contributed by atoms with Crippen LogP contribution in [0, 0.1) is 0 Å². The molecule has 2 aromatic rings. The van der Waals surface area contributed by atoms with E-state index in [1.54, 1.807) is 22.9 Å². The van der Waals surface area contributed by atoms with Gasteiger partial charge in [0.15, 0.2) is 11.5 Å². The number of hydrogen-bond donors (Lipinski definition) is 1. The Hall–Kier alpha value is -2.15. The number of benzene rings is 1. The SMILES string of the molecule is OCc1nccn1Cc1cccc2c1OC(F)(F)O2. The van der Waals surface area contributed by atoms with E-state index in [4.69, 9.17) is 5.11 Å². The van der Waals surface area contributed by atoms with Gasteiger partial charge in [-0.2, -0.15) is 0 Å². The molecular formula is C12H10F2N2O3. The summed E-state index contributed by atoms with van der Waals surface area (Å²) < 4.78 is 36.6. The normalized spacial score (nSPS) is 15.7. The number of alkyl halides is 2. The molecule has 1 aromatic heterocycles. The smallest absolute Gasteiger partial charge is 0.395 e. The molecule has 19 heavy (non-hydrogen) atoms. The van der Waals surface area contributed by atoms with Crippen LogP contribution >= 0.6 is 0 Å². The molecule has 1 aliphatic rings. The number of ether oxygens (including phenoxy) is 2. The Morgan fingerprint density at radius 3 is 2.95 bits per heavy atom. The van der Waals surface area contributed by atoms with Crippen LogP contribution in [0.25, 0.3) is 0 Å². The highest BCUT2D eigenvalue weighted by Crippen LogP contribution is 2.43. The van der Waals surface area contributed by atoms with Crippen LogP contribution < -0.4 is 9.47 Å². The fourth-order valence-electron chi connectivity index (χ4n) is 1.97. The van der Waals surface area contributed by atoms with Gasteiger partial charge in [0.05, 0.1) is 6.54 Å². The molecule has 7 heteroatoms. The van der Waals surface area contributed by atoms with E-state index in [1.165, 1.54) is 12.3 Å². The largest absolute Gasteiger partial charge is 0.586 e. The highest BCUT2D eigenvalue weighted by molar-refractivity contribution is 5.48. The first-order valence-electron chi connectivity index (χ1n) is 5.57. The lowest BCUT2D eigenvalue weighted by Gasteiger charge is -2.09. The number of para-hydroxylation sites is 1. The maximum absolute atomic E-state index is 13.0. The van der Waals surface area contributed by atoms with Crippen molar-refractivity contribution >= 4 is 0 Å². The lowest BCUT2D eigenvalue weighted by Crippen LogP contribution is -2.26. The van der Waals surface area contributed by atoms with Crippen molar-refractivity contribution in [1.82, 2.24) is 9.55 Å². The molecule has 0 radical (unpaired) electrons. The van der Waals surface area contributed by atoms with Crippen molar-refractivity contribution in [3.05, 3.63) is 42.0 Å². The average molecular weight is 268 g/mol. The Kier molecular flexibility index (Phi) is 2.63. The van der Waals surface area contributed by atoms with E-state index in [9.17, 15) is 8.78 Å². The number of aliphatic hydroxyl groups is 1. The van der Waals surface area contributed by atoms with Crippen LogP contribution in [0.2, 0.25) is 0 Å². The van der Waals surface area contributed by atoms with Crippen molar-refractivity contribution in [3.8, 4) is 11.5 Å². The second kappa shape index (κ2) is 4.20. The molecule has 1 N–H and O–H groups in total. The quantitative estimate of drug-likeness (QED) is 0.921. The molecule has 5 nitrogen and oxygen atoms in total. The average Bonchev–Trinajstić information content (AvgIpc) is 2.92. The Morgan fingerprint density at radius 2 is 2.16 bits per heavy atom. The number of nitrogens with zero attached hydrogens (tertiary/aromatic N) is 2. The lowest BCUT2D eigenvalue weighted by atomic mass is 10.2. The van der Waals surface area contributed by atoms with Gasteiger partial charge in [-0.15, -0.1) is 8.78 Å². The molecule has 0 saturated heterocycles. The maximum atomic E-state index is 13.0. The second-order valence-electron chi connectivity index (χ2n) is 4.04. The first-order valence-corrected chi connectivity index (χ1v) is 5.57. The summed E-state index contributed by atoms with van der Waals surface area (Å²) in [7, 11) is 0. The first kappa shape index (κ1) is 11.9. The zero-order chi connectivity index (χ0) is 13.5. The summed E-state index contributed by atoms with van der Waals surface area (Å²) in [5.74, 6) is 0.474. The molecular weight excluding hydrogens is 258 g/mol. The minimum Gasteiger partial charge on any atom is -0.395 e. The number of aliphatic hydroxyl groups excluding tert-OH is 1. The van der Waals surface area contributed by atoms with Crippen LogP contribution in [0.4, 0.5) is 8.78 Å². The van der Waals surface area contributed by atoms with E-state index in [0.29, 0.717) is 11.4 Å². The number of rotatable bonds is 3. The minimum absolute atomic E-state index is 0.00756. The monoisotopic (exact) mass is 268 g/mol. The Morgan fingerprint density at radius 1 is 1.32 bits per heavy atom. The van der Waals surface area contributed by atoms with E-state index in [0.717, 1.165) is 0 Å². The summed E-state index contributed by atoms with van der Waals surface area (Å²) in [6, 6.07) is 4.68. The zero-order valence-corrected chi connectivity index (χ0v) is 9.72. The molecule has 2 heterocycles. The lowest BCUT2D eigenvalue weighted by molar-refractivity contribution is -0.286. The van der Waals surface area contributed by atoms with Gasteiger partial charge < -0.3 is 19.1 Å². The third-order valence-electron chi connectivity index (χ3n) is 2.79. The van der Waals surface area contributed by atoms with Gasteiger partial charge >= 0.3 is 6.29 Å². The van der Waals surface area contributed by atoms with Gasteiger partial charge in [0.25, 0.3) is 0 Å². The van der Waals surface area contributed by atoms with Crippen molar-refractivity contribution in [3.63, 3.8) is 0 Å². The summed E-state index contributed by atoms with van der Waals surface area (Å²) in [5, 5.41) is 9.10. The Bertz CT molecular complexity index is 613. The van der Waals surface area contributed by atoms with Crippen molar-refractivity contribution in [2.45, 2.75) is 19.4 Å². The van der Waals surface area contributed by atoms with Gasteiger partial charge in [-0.3, -0.25) is 0 Å². The summed E-state index contributed by atoms with van der Waals surface area (Å²) in [4.78, 5) is 3.95. The molecule has 3 rings (SSSR count). The Balaban J connectivity index is 1.94. The van der Waals surface area contributed by atoms with Crippen LogP contribution in [0.3, 0.4) is 0 Å². The van der Waals surface area contributed by atoms with Crippen LogP contribution in [0.5, 0.6) is 11.5 Å². The molecule has 1 aromatic carbocycles. The molecule has 0 saturated carbocycles. The standard InChI is InChI=1S/C12H10F2N2O3/c13-12(14)18-9-3-1-2-8(11(9)19-12)6-16-5-4-15-10(16)7-17/h1-5,17H,6-7H2. The topological polar surface area (TPSA) is 56.5 Å². The van der Waals surface area contributed by atoms with Crippen molar-refractivity contribution in [1.29, 1.82) is 0 Å². The second-order valence-corrected chi connectivity index (χ2v) is 4.04. The minimum atomic E-state index is -3.63. The molecule has 0 atom stereocenters. The summed E-state index contributed by atoms with van der Waals surface area (Å²) in [6.45, 7) is 0.0358. The highest BCUT2D eigenvalue weighted by atomic mass is 19.3. The third kappa shape index (κ3) is 2.12. The first-order chi connectivity index (χ1) is 9.09. The van der Waals surface area contributed by atoms with Crippen molar-refractivity contribution in [2.24, 2.45) is 0 Å². The van der Waals surface area contributed by atoms with E-state index >= 15 is 0 Å². The predicted molar refractivity (Wildman–Crippen MR) is 59.9 cm³/mol. The van der Waals surface area contributed by atoms with E-state index in [-0.39, 0.29) is 24.7 Å². The van der Waals surface area contributed by atoms with Crippen LogP contribution in [0.1, 0.15) is 11.4 Å². The van der Waals surface area contributed by atoms with E-state index in [2.05, 4.69) is 14.5 Å². The molecule has 100 valence electrons. The van der Waals surface area contributed by atoms with Crippen molar-refractivity contribution < 1.29 is 23.4 Å².